The highest BCUT2D eigenvalue weighted by Gasteiger charge is 2.60. The van der Waals surface area contributed by atoms with Crippen LogP contribution in [0.2, 0.25) is 0 Å². The summed E-state index contributed by atoms with van der Waals surface area (Å²) in [4.78, 5) is 5.70. The Balaban J connectivity index is 2.22. The van der Waals surface area contributed by atoms with Crippen LogP contribution in [-0.2, 0) is 15.7 Å². The molecule has 0 amide bonds. The van der Waals surface area contributed by atoms with Crippen molar-refractivity contribution in [3.05, 3.63) is 0 Å². The van der Waals surface area contributed by atoms with E-state index in [1.807, 2.05) is 51.1 Å². The molecule has 2 fully saturated rings. The van der Waals surface area contributed by atoms with Crippen molar-refractivity contribution in [2.45, 2.75) is 23.8 Å². The summed E-state index contributed by atoms with van der Waals surface area (Å²) < 4.78 is 17.2. The lowest BCUT2D eigenvalue weighted by Gasteiger charge is -2.41. The molecule has 0 aromatic carbocycles. The number of fused-ring (bicyclic) bond motifs is 2. The maximum atomic E-state index is 5.90. The number of rotatable bonds is 4. The third kappa shape index (κ3) is 2.51. The molecule has 0 saturated carbocycles. The molecule has 0 N–H and O–H groups in total. The van der Waals surface area contributed by atoms with E-state index in [2.05, 4.69) is 22.6 Å². The fraction of sp³-hybridized carbons (Fsp3) is 1.00. The van der Waals surface area contributed by atoms with Gasteiger partial charge in [0.05, 0.1) is 17.7 Å². The van der Waals surface area contributed by atoms with Gasteiger partial charge in [-0.2, -0.15) is 5.06 Å². The molecular weight excluding hydrogens is 554 g/mol. The van der Waals surface area contributed by atoms with E-state index in [0.29, 0.717) is 13.2 Å². The fourth-order valence-corrected chi connectivity index (χ4v) is 3.77. The zero-order chi connectivity index (χ0) is 11.8. The van der Waals surface area contributed by atoms with Crippen LogP contribution in [0.1, 0.15) is 0 Å². The van der Waals surface area contributed by atoms with E-state index < -0.39 is 11.6 Å². The Morgan fingerprint density at radius 2 is 2.25 bits per heavy atom. The molecule has 2 radical (unpaired) electrons. The highest BCUT2D eigenvalue weighted by molar-refractivity contribution is 14.1. The molecule has 2 saturated heterocycles. The maximum Gasteiger partial charge on any atom is 0.136 e. The number of hydroxylamine groups is 2. The van der Waals surface area contributed by atoms with Crippen molar-refractivity contribution in [3.8, 4) is 0 Å². The first-order chi connectivity index (χ1) is 7.66. The van der Waals surface area contributed by atoms with Crippen LogP contribution in [0.25, 0.3) is 0 Å². The van der Waals surface area contributed by atoms with Crippen LogP contribution in [0.4, 0.5) is 0 Å². The van der Waals surface area contributed by atoms with Gasteiger partial charge in [-0.15, -0.1) is 0 Å². The van der Waals surface area contributed by atoms with Crippen LogP contribution >= 0.6 is 68.6 Å². The number of hydrogen-bond donors (Lipinski definition) is 0. The van der Waals surface area contributed by atoms with E-state index in [1.165, 1.54) is 0 Å². The van der Waals surface area contributed by atoms with E-state index in [1.54, 1.807) is 0 Å². The van der Waals surface area contributed by atoms with Crippen LogP contribution in [0.5, 0.6) is 0 Å². The van der Waals surface area contributed by atoms with Crippen molar-refractivity contribution in [3.63, 3.8) is 0 Å². The van der Waals surface area contributed by atoms with Gasteiger partial charge in [-0.1, -0.05) is 22.6 Å². The molecule has 4 unspecified atom stereocenters. The largest absolute Gasteiger partial charge is 0.372 e. The Labute approximate surface area is 137 Å². The standard InChI is InChI=1S/C7H9BI3NO4/c8-6-4-5(15-11)7(14-6,2-13-10)1-12(3-9)16-4/h4-6H,1-3H2. The van der Waals surface area contributed by atoms with Crippen LogP contribution in [0, 0.1) is 0 Å². The first-order valence-electron chi connectivity index (χ1n) is 4.59. The number of alkyl halides is 1. The van der Waals surface area contributed by atoms with Gasteiger partial charge < -0.3 is 10.9 Å². The lowest BCUT2D eigenvalue weighted by molar-refractivity contribution is -0.244. The number of nitrogens with zero attached hydrogens (tertiary/aromatic N) is 1. The third-order valence-corrected chi connectivity index (χ3v) is 4.37. The van der Waals surface area contributed by atoms with Crippen LogP contribution in [0.3, 0.4) is 0 Å². The average Bonchev–Trinajstić information content (AvgIpc) is 2.42. The quantitative estimate of drug-likeness (QED) is 0.224. The lowest BCUT2D eigenvalue weighted by Crippen LogP contribution is -2.59. The van der Waals surface area contributed by atoms with E-state index in [0.717, 1.165) is 4.55 Å². The van der Waals surface area contributed by atoms with E-state index >= 15 is 0 Å². The molecule has 16 heavy (non-hydrogen) atoms. The summed E-state index contributed by atoms with van der Waals surface area (Å²) in [6.07, 6.45) is -0.468. The van der Waals surface area contributed by atoms with Crippen molar-refractivity contribution in [1.82, 2.24) is 5.06 Å². The molecule has 2 rings (SSSR count). The zero-order valence-electron chi connectivity index (χ0n) is 8.14. The van der Waals surface area contributed by atoms with Gasteiger partial charge >= 0.3 is 0 Å². The minimum atomic E-state index is -0.532. The van der Waals surface area contributed by atoms with Crippen molar-refractivity contribution in [2.75, 3.05) is 17.7 Å². The second kappa shape index (κ2) is 6.01. The highest BCUT2D eigenvalue weighted by atomic mass is 127. The number of hydrogen-bond acceptors (Lipinski definition) is 5. The highest BCUT2D eigenvalue weighted by Crippen LogP contribution is 2.41. The molecule has 0 aliphatic carbocycles. The SMILES string of the molecule is [B]C1OC2(COI)CN(CI)OC1C2OI. The molecule has 2 bridgehead atoms. The maximum absolute atomic E-state index is 5.90. The predicted octanol–water partition coefficient (Wildman–Crippen LogP) is 1.36. The van der Waals surface area contributed by atoms with Crippen molar-refractivity contribution in [1.29, 1.82) is 0 Å². The van der Waals surface area contributed by atoms with Gasteiger partial charge in [-0.25, -0.2) is 0 Å². The summed E-state index contributed by atoms with van der Waals surface area (Å²) in [5.41, 5.74) is -0.532. The summed E-state index contributed by atoms with van der Waals surface area (Å²) in [5.74, 6) is 0. The molecule has 0 aromatic rings. The Morgan fingerprint density at radius 1 is 1.50 bits per heavy atom. The monoisotopic (exact) mass is 563 g/mol. The van der Waals surface area contributed by atoms with Crippen LogP contribution < -0.4 is 0 Å². The second-order valence-corrected chi connectivity index (χ2v) is 5.55. The van der Waals surface area contributed by atoms with Crippen molar-refractivity contribution < 1.29 is 15.7 Å². The molecule has 4 atom stereocenters. The molecule has 2 aliphatic rings. The average molecular weight is 563 g/mol. The fourth-order valence-electron chi connectivity index (χ4n) is 2.08. The zero-order valence-corrected chi connectivity index (χ0v) is 14.6. The summed E-state index contributed by atoms with van der Waals surface area (Å²) in [5, 5.41) is 1.83. The predicted molar refractivity (Wildman–Crippen MR) is 82.7 cm³/mol. The molecular formula is C7H9BI3NO4. The lowest BCUT2D eigenvalue weighted by atomic mass is 9.88. The summed E-state index contributed by atoms with van der Waals surface area (Å²) in [6, 6.07) is -0.473. The van der Waals surface area contributed by atoms with E-state index in [4.69, 9.17) is 23.6 Å². The Hall–Kier alpha value is 2.05. The third-order valence-electron chi connectivity index (χ3n) is 2.75. The number of ether oxygens (including phenoxy) is 1. The van der Waals surface area contributed by atoms with Gasteiger partial charge in [0.15, 0.2) is 0 Å². The molecule has 2 aliphatic heterocycles. The van der Waals surface area contributed by atoms with Crippen LogP contribution in [0.15, 0.2) is 0 Å². The van der Waals surface area contributed by atoms with Gasteiger partial charge in [-0.3, -0.25) is 4.84 Å². The molecule has 2 heterocycles. The molecule has 90 valence electrons. The summed E-state index contributed by atoms with van der Waals surface area (Å²) in [7, 11) is 5.90. The van der Waals surface area contributed by atoms with E-state index in [-0.39, 0.29) is 12.2 Å². The van der Waals surface area contributed by atoms with Gasteiger partial charge in [-0.05, 0) is 0 Å². The van der Waals surface area contributed by atoms with Gasteiger partial charge in [0.2, 0.25) is 0 Å². The second-order valence-electron chi connectivity index (χ2n) is 3.74. The first kappa shape index (κ1) is 14.5. The van der Waals surface area contributed by atoms with Gasteiger partial charge in [0.1, 0.15) is 71.7 Å². The summed E-state index contributed by atoms with van der Waals surface area (Å²) >= 11 is 5.95. The minimum absolute atomic E-state index is 0.197. The van der Waals surface area contributed by atoms with Crippen LogP contribution in [-0.4, -0.2) is 54.4 Å². The minimum Gasteiger partial charge on any atom is -0.372 e. The Kier molecular flexibility index (Phi) is 5.43. The molecule has 0 spiro atoms. The molecule has 0 aromatic heterocycles. The number of halogens is 3. The van der Waals surface area contributed by atoms with E-state index in [9.17, 15) is 0 Å². The Bertz CT molecular complexity index is 264. The topological polar surface area (TPSA) is 40.2 Å². The molecule has 5 nitrogen and oxygen atoms in total. The van der Waals surface area contributed by atoms with Gasteiger partial charge in [0, 0.05) is 6.00 Å². The smallest absolute Gasteiger partial charge is 0.136 e. The normalized spacial score (nSPS) is 43.8. The van der Waals surface area contributed by atoms with Crippen molar-refractivity contribution in [2.24, 2.45) is 0 Å². The summed E-state index contributed by atoms with van der Waals surface area (Å²) in [6.45, 7) is 1.03. The first-order valence-corrected chi connectivity index (χ1v) is 7.87. The van der Waals surface area contributed by atoms with Gasteiger partial charge in [0.25, 0.3) is 0 Å². The van der Waals surface area contributed by atoms with Crippen molar-refractivity contribution >= 4 is 76.4 Å². The Morgan fingerprint density at radius 3 is 2.81 bits per heavy atom. The molecule has 9 heteroatoms.